The Balaban J connectivity index is 0.000000131. The number of fused-ring (bicyclic) bond motifs is 2. The standard InChI is InChI=1S/C8H10N4.C6H4ClN/c1-6(2)12-5-11-7-3-9-4-10-8(7)12;7-4-2-1-3-5-6(4)8-5/h3-6H,1-2H3;1-3,8H. The van der Waals surface area contributed by atoms with E-state index in [0.717, 1.165) is 27.6 Å². The van der Waals surface area contributed by atoms with Crippen molar-refractivity contribution >= 4 is 34.1 Å². The zero-order chi connectivity index (χ0) is 14.1. The Kier molecular flexibility index (Phi) is 3.28. The number of nitrogens with one attached hydrogen (secondary N) is 1. The molecular formula is C14H14ClN5. The smallest absolute Gasteiger partial charge is 0.163 e. The van der Waals surface area contributed by atoms with Gasteiger partial charge in [0.05, 0.1) is 28.9 Å². The monoisotopic (exact) mass is 287 g/mol. The molecule has 4 rings (SSSR count). The van der Waals surface area contributed by atoms with E-state index in [9.17, 15) is 0 Å². The molecule has 0 unspecified atom stereocenters. The minimum Gasteiger partial charge on any atom is -0.351 e. The van der Waals surface area contributed by atoms with Crippen LogP contribution in [-0.2, 0) is 0 Å². The Morgan fingerprint density at radius 3 is 2.80 bits per heavy atom. The van der Waals surface area contributed by atoms with Crippen molar-refractivity contribution in [3.63, 3.8) is 0 Å². The summed E-state index contributed by atoms with van der Waals surface area (Å²) in [4.78, 5) is 12.2. The number of nitrogens with zero attached hydrogens (tertiary/aromatic N) is 4. The largest absolute Gasteiger partial charge is 0.351 e. The lowest BCUT2D eigenvalue weighted by molar-refractivity contribution is 0.612. The second kappa shape index (κ2) is 5.09. The number of hydrogen-bond acceptors (Lipinski definition) is 4. The molecule has 0 aliphatic carbocycles. The zero-order valence-corrected chi connectivity index (χ0v) is 12.0. The third-order valence-electron chi connectivity index (χ3n) is 3.01. The molecule has 0 radical (unpaired) electrons. The first kappa shape index (κ1) is 12.9. The first-order chi connectivity index (χ1) is 9.66. The molecule has 1 aromatic carbocycles. The summed E-state index contributed by atoms with van der Waals surface area (Å²) in [5.74, 6) is 0. The van der Waals surface area contributed by atoms with Crippen LogP contribution in [-0.4, -0.2) is 19.5 Å². The normalized spacial score (nSPS) is 11.6. The highest BCUT2D eigenvalue weighted by Crippen LogP contribution is 2.43. The number of halogens is 1. The maximum atomic E-state index is 5.70. The maximum absolute atomic E-state index is 5.70. The predicted octanol–water partition coefficient (Wildman–Crippen LogP) is 3.80. The van der Waals surface area contributed by atoms with Gasteiger partial charge in [-0.15, -0.1) is 0 Å². The van der Waals surface area contributed by atoms with Gasteiger partial charge < -0.3 is 9.88 Å². The summed E-state index contributed by atoms with van der Waals surface area (Å²) in [6, 6.07) is 6.20. The van der Waals surface area contributed by atoms with Crippen molar-refractivity contribution in [2.75, 3.05) is 5.32 Å². The van der Waals surface area contributed by atoms with Crippen molar-refractivity contribution in [1.29, 1.82) is 0 Å². The van der Waals surface area contributed by atoms with Gasteiger partial charge in [0.2, 0.25) is 0 Å². The lowest BCUT2D eigenvalue weighted by Crippen LogP contribution is -1.99. The van der Waals surface area contributed by atoms with Crippen molar-refractivity contribution in [2.45, 2.75) is 19.9 Å². The first-order valence-corrected chi connectivity index (χ1v) is 6.72. The van der Waals surface area contributed by atoms with Crippen LogP contribution in [0.5, 0.6) is 0 Å². The van der Waals surface area contributed by atoms with Gasteiger partial charge in [0.15, 0.2) is 5.65 Å². The molecule has 0 fully saturated rings. The van der Waals surface area contributed by atoms with Crippen molar-refractivity contribution in [3.8, 4) is 0 Å². The van der Waals surface area contributed by atoms with Gasteiger partial charge >= 0.3 is 0 Å². The summed E-state index contributed by atoms with van der Waals surface area (Å²) < 4.78 is 2.02. The number of hydrogen-bond donors (Lipinski definition) is 1. The first-order valence-electron chi connectivity index (χ1n) is 6.35. The van der Waals surface area contributed by atoms with Gasteiger partial charge in [-0.2, -0.15) is 0 Å². The fraction of sp³-hybridized carbons (Fsp3) is 0.214. The van der Waals surface area contributed by atoms with Gasteiger partial charge in [0.1, 0.15) is 11.8 Å². The molecule has 0 saturated heterocycles. The molecule has 1 N–H and O–H groups in total. The summed E-state index contributed by atoms with van der Waals surface area (Å²) >= 11 is 5.70. The molecule has 0 atom stereocenters. The number of benzene rings is 1. The van der Waals surface area contributed by atoms with Gasteiger partial charge in [-0.25, -0.2) is 15.0 Å². The average Bonchev–Trinajstić information content (AvgIpc) is 3.12. The van der Waals surface area contributed by atoms with Crippen LogP contribution in [0.3, 0.4) is 0 Å². The molecule has 102 valence electrons. The fourth-order valence-corrected chi connectivity index (χ4v) is 2.11. The lowest BCUT2D eigenvalue weighted by Gasteiger charge is -2.05. The molecule has 20 heavy (non-hydrogen) atoms. The number of aromatic nitrogens is 4. The van der Waals surface area contributed by atoms with Gasteiger partial charge in [-0.05, 0) is 26.0 Å². The maximum Gasteiger partial charge on any atom is 0.163 e. The van der Waals surface area contributed by atoms with Gasteiger partial charge in [0.25, 0.3) is 0 Å². The number of imidazole rings is 1. The molecule has 3 heterocycles. The molecule has 5 nitrogen and oxygen atoms in total. The average molecular weight is 288 g/mol. The number of para-hydroxylation sites is 1. The molecule has 6 heteroatoms. The van der Waals surface area contributed by atoms with E-state index in [1.54, 1.807) is 18.9 Å². The molecule has 0 saturated carbocycles. The van der Waals surface area contributed by atoms with Crippen LogP contribution in [0.4, 0.5) is 11.4 Å². The SMILES string of the molecule is CC(C)n1cnc2cncnc21.Clc1cccc2c1N2. The third kappa shape index (κ3) is 2.44. The van der Waals surface area contributed by atoms with E-state index >= 15 is 0 Å². The summed E-state index contributed by atoms with van der Waals surface area (Å²) in [7, 11) is 0. The molecule has 0 amide bonds. The van der Waals surface area contributed by atoms with Gasteiger partial charge in [0, 0.05) is 6.04 Å². The Hall–Kier alpha value is -2.14. The van der Waals surface area contributed by atoms with Gasteiger partial charge in [-0.1, -0.05) is 17.7 Å². The van der Waals surface area contributed by atoms with Crippen molar-refractivity contribution in [1.82, 2.24) is 19.5 Å². The van der Waals surface area contributed by atoms with Crippen LogP contribution in [0, 0.1) is 0 Å². The van der Waals surface area contributed by atoms with E-state index in [1.165, 1.54) is 0 Å². The zero-order valence-electron chi connectivity index (χ0n) is 11.2. The minimum absolute atomic E-state index is 0.393. The van der Waals surface area contributed by atoms with Crippen LogP contribution in [0.1, 0.15) is 19.9 Å². The number of rotatable bonds is 1. The second-order valence-corrected chi connectivity index (χ2v) is 5.17. The molecule has 0 bridgehead atoms. The summed E-state index contributed by atoms with van der Waals surface area (Å²) in [5.41, 5.74) is 4.01. The van der Waals surface area contributed by atoms with E-state index in [0.29, 0.717) is 6.04 Å². The van der Waals surface area contributed by atoms with E-state index in [1.807, 2.05) is 22.8 Å². The van der Waals surface area contributed by atoms with E-state index in [2.05, 4.69) is 34.1 Å². The third-order valence-corrected chi connectivity index (χ3v) is 3.32. The van der Waals surface area contributed by atoms with E-state index in [4.69, 9.17) is 11.6 Å². The van der Waals surface area contributed by atoms with Crippen LogP contribution in [0.15, 0.2) is 37.1 Å². The topological polar surface area (TPSA) is 65.5 Å². The van der Waals surface area contributed by atoms with Crippen LogP contribution < -0.4 is 5.32 Å². The number of anilines is 2. The highest BCUT2D eigenvalue weighted by Gasteiger charge is 2.17. The molecule has 0 spiro atoms. The van der Waals surface area contributed by atoms with Crippen LogP contribution in [0.2, 0.25) is 5.02 Å². The van der Waals surface area contributed by atoms with Gasteiger partial charge in [-0.3, -0.25) is 0 Å². The Bertz CT molecular complexity index is 750. The molecule has 3 aromatic rings. The molecule has 2 aromatic heterocycles. The Morgan fingerprint density at radius 2 is 2.10 bits per heavy atom. The minimum atomic E-state index is 0.393. The van der Waals surface area contributed by atoms with Crippen molar-refractivity contribution in [2.24, 2.45) is 0 Å². The van der Waals surface area contributed by atoms with E-state index in [-0.39, 0.29) is 0 Å². The lowest BCUT2D eigenvalue weighted by atomic mass is 10.4. The van der Waals surface area contributed by atoms with E-state index < -0.39 is 0 Å². The molecular weight excluding hydrogens is 274 g/mol. The van der Waals surface area contributed by atoms with Crippen molar-refractivity contribution in [3.05, 3.63) is 42.1 Å². The van der Waals surface area contributed by atoms with Crippen LogP contribution >= 0.6 is 11.6 Å². The highest BCUT2D eigenvalue weighted by molar-refractivity contribution is 6.35. The molecule has 1 aliphatic heterocycles. The Morgan fingerprint density at radius 1 is 1.25 bits per heavy atom. The summed E-state index contributed by atoms with van der Waals surface area (Å²) in [6.07, 6.45) is 5.06. The van der Waals surface area contributed by atoms with Crippen molar-refractivity contribution < 1.29 is 0 Å². The predicted molar refractivity (Wildman–Crippen MR) is 80.4 cm³/mol. The Labute approximate surface area is 121 Å². The fourth-order valence-electron chi connectivity index (χ4n) is 1.89. The molecule has 1 aliphatic rings. The van der Waals surface area contributed by atoms with Crippen LogP contribution in [0.25, 0.3) is 11.2 Å². The highest BCUT2D eigenvalue weighted by atomic mass is 35.5. The summed E-state index contributed by atoms with van der Waals surface area (Å²) in [6.45, 7) is 4.20. The summed E-state index contributed by atoms with van der Waals surface area (Å²) in [5, 5.41) is 3.85. The second-order valence-electron chi connectivity index (χ2n) is 4.76. The quantitative estimate of drug-likeness (QED) is 0.541.